The number of ether oxygens (including phenoxy) is 2. The van der Waals surface area contributed by atoms with Gasteiger partial charge in [0.2, 0.25) is 0 Å². The summed E-state index contributed by atoms with van der Waals surface area (Å²) >= 11 is 0. The van der Waals surface area contributed by atoms with Crippen molar-refractivity contribution >= 4 is 17.6 Å². The topological polar surface area (TPSA) is 120 Å². The summed E-state index contributed by atoms with van der Waals surface area (Å²) < 4.78 is 10.1. The number of rotatable bonds is 5. The Morgan fingerprint density at radius 3 is 2.25 bits per heavy atom. The second kappa shape index (κ2) is 6.53. The molecule has 0 aliphatic rings. The van der Waals surface area contributed by atoms with Crippen LogP contribution in [0, 0.1) is 0 Å². The molecule has 0 saturated carbocycles. The molecule has 0 aromatic heterocycles. The van der Waals surface area contributed by atoms with Gasteiger partial charge in [-0.15, -0.1) is 0 Å². The standard InChI is InChI=1S/C12H15N3O5/c1-14-11(17)7-4-6(19-2)5-8(20-3)9(7)10(16)12(18)15-13/h4-5H,13H2,1-3H3,(H,14,17)(H,15,18). The third kappa shape index (κ3) is 2.86. The molecule has 0 heterocycles. The Morgan fingerprint density at radius 1 is 1.15 bits per heavy atom. The fourth-order valence-electron chi connectivity index (χ4n) is 1.60. The quantitative estimate of drug-likeness (QED) is 0.214. The predicted molar refractivity (Wildman–Crippen MR) is 69.6 cm³/mol. The highest BCUT2D eigenvalue weighted by Gasteiger charge is 2.27. The number of methoxy groups -OCH3 is 2. The molecule has 0 atom stereocenters. The van der Waals surface area contributed by atoms with E-state index in [-0.39, 0.29) is 16.9 Å². The monoisotopic (exact) mass is 281 g/mol. The smallest absolute Gasteiger partial charge is 0.306 e. The molecule has 8 heteroatoms. The molecule has 0 spiro atoms. The van der Waals surface area contributed by atoms with Gasteiger partial charge >= 0.3 is 5.91 Å². The minimum atomic E-state index is -1.06. The number of Topliss-reactive ketones (excluding diaryl/α,β-unsaturated/α-hetero) is 1. The summed E-state index contributed by atoms with van der Waals surface area (Å²) in [6, 6.07) is 2.72. The average molecular weight is 281 g/mol. The fourth-order valence-corrected chi connectivity index (χ4v) is 1.60. The zero-order valence-corrected chi connectivity index (χ0v) is 11.3. The van der Waals surface area contributed by atoms with Gasteiger partial charge in [-0.2, -0.15) is 0 Å². The van der Waals surface area contributed by atoms with E-state index in [9.17, 15) is 14.4 Å². The summed E-state index contributed by atoms with van der Waals surface area (Å²) in [6.45, 7) is 0. The van der Waals surface area contributed by atoms with Crippen LogP contribution in [0.4, 0.5) is 0 Å². The number of hydrazine groups is 1. The maximum Gasteiger partial charge on any atom is 0.306 e. The molecule has 0 saturated heterocycles. The van der Waals surface area contributed by atoms with Gasteiger partial charge in [-0.05, 0) is 6.07 Å². The second-order valence-corrected chi connectivity index (χ2v) is 3.63. The van der Waals surface area contributed by atoms with Crippen molar-refractivity contribution in [3.8, 4) is 11.5 Å². The zero-order valence-electron chi connectivity index (χ0n) is 11.3. The molecule has 2 amide bonds. The summed E-state index contributed by atoms with van der Waals surface area (Å²) in [7, 11) is 4.10. The number of benzene rings is 1. The van der Waals surface area contributed by atoms with Crippen LogP contribution in [0.5, 0.6) is 11.5 Å². The van der Waals surface area contributed by atoms with Gasteiger partial charge in [0.05, 0.1) is 25.3 Å². The summed E-state index contributed by atoms with van der Waals surface area (Å²) in [4.78, 5) is 35.2. The van der Waals surface area contributed by atoms with E-state index in [0.29, 0.717) is 5.75 Å². The van der Waals surface area contributed by atoms with E-state index in [1.165, 1.54) is 33.4 Å². The highest BCUT2D eigenvalue weighted by atomic mass is 16.5. The Balaban J connectivity index is 3.56. The largest absolute Gasteiger partial charge is 0.497 e. The Hall–Kier alpha value is -2.61. The van der Waals surface area contributed by atoms with Crippen LogP contribution in [0.1, 0.15) is 20.7 Å². The molecule has 108 valence electrons. The average Bonchev–Trinajstić information content (AvgIpc) is 2.50. The molecule has 20 heavy (non-hydrogen) atoms. The van der Waals surface area contributed by atoms with Crippen molar-refractivity contribution in [3.05, 3.63) is 23.3 Å². The van der Waals surface area contributed by atoms with Gasteiger partial charge in [0.25, 0.3) is 11.7 Å². The van der Waals surface area contributed by atoms with E-state index in [1.807, 2.05) is 0 Å². The first-order chi connectivity index (χ1) is 9.49. The van der Waals surface area contributed by atoms with Crippen molar-refractivity contribution in [1.29, 1.82) is 0 Å². The number of ketones is 1. The number of hydrogen-bond acceptors (Lipinski definition) is 6. The van der Waals surface area contributed by atoms with Gasteiger partial charge in [-0.25, -0.2) is 5.84 Å². The van der Waals surface area contributed by atoms with Gasteiger partial charge in [0.1, 0.15) is 11.5 Å². The minimum absolute atomic E-state index is 0.0385. The third-order valence-electron chi connectivity index (χ3n) is 2.57. The Labute approximate surface area is 115 Å². The van der Waals surface area contributed by atoms with Crippen LogP contribution < -0.4 is 26.1 Å². The first kappa shape index (κ1) is 15.4. The molecule has 0 aliphatic carbocycles. The fraction of sp³-hybridized carbons (Fsp3) is 0.250. The van der Waals surface area contributed by atoms with Crippen molar-refractivity contribution in [2.45, 2.75) is 0 Å². The van der Waals surface area contributed by atoms with Gasteiger partial charge in [0, 0.05) is 13.1 Å². The highest BCUT2D eigenvalue weighted by Crippen LogP contribution is 2.29. The maximum absolute atomic E-state index is 12.0. The molecule has 4 N–H and O–H groups in total. The molecule has 0 unspecified atom stereocenters. The van der Waals surface area contributed by atoms with Crippen LogP contribution >= 0.6 is 0 Å². The van der Waals surface area contributed by atoms with E-state index in [1.54, 1.807) is 5.43 Å². The lowest BCUT2D eigenvalue weighted by Gasteiger charge is -2.13. The SMILES string of the molecule is CNC(=O)c1cc(OC)cc(OC)c1C(=O)C(=O)NN. The van der Waals surface area contributed by atoms with E-state index in [4.69, 9.17) is 15.3 Å². The molecule has 8 nitrogen and oxygen atoms in total. The second-order valence-electron chi connectivity index (χ2n) is 3.63. The molecule has 1 aromatic rings. The first-order valence-electron chi connectivity index (χ1n) is 5.53. The van der Waals surface area contributed by atoms with Crippen molar-refractivity contribution in [2.75, 3.05) is 21.3 Å². The lowest BCUT2D eigenvalue weighted by molar-refractivity contribution is -0.117. The van der Waals surface area contributed by atoms with Crippen LogP contribution in [-0.4, -0.2) is 38.9 Å². The van der Waals surface area contributed by atoms with Gasteiger partial charge in [0.15, 0.2) is 0 Å². The molecule has 0 aliphatic heterocycles. The van der Waals surface area contributed by atoms with Crippen molar-refractivity contribution in [2.24, 2.45) is 5.84 Å². The lowest BCUT2D eigenvalue weighted by Crippen LogP contribution is -2.37. The van der Waals surface area contributed by atoms with Crippen LogP contribution in [0.3, 0.4) is 0 Å². The molecule has 1 aromatic carbocycles. The van der Waals surface area contributed by atoms with Crippen LogP contribution in [0.15, 0.2) is 12.1 Å². The van der Waals surface area contributed by atoms with Crippen molar-refractivity contribution < 1.29 is 23.9 Å². The zero-order chi connectivity index (χ0) is 15.3. The molecule has 0 radical (unpaired) electrons. The van der Waals surface area contributed by atoms with E-state index in [2.05, 4.69) is 5.32 Å². The highest BCUT2D eigenvalue weighted by molar-refractivity contribution is 6.44. The number of nitrogens with two attached hydrogens (primary N) is 1. The number of carbonyl (C=O) groups excluding carboxylic acids is 3. The predicted octanol–water partition coefficient (Wildman–Crippen LogP) is -0.764. The Bertz CT molecular complexity index is 556. The summed E-state index contributed by atoms with van der Waals surface area (Å²) in [5.74, 6) is 2.68. The van der Waals surface area contributed by atoms with Crippen molar-refractivity contribution in [1.82, 2.24) is 10.7 Å². The third-order valence-corrected chi connectivity index (χ3v) is 2.57. The Morgan fingerprint density at radius 2 is 1.80 bits per heavy atom. The number of carbonyl (C=O) groups is 3. The van der Waals surface area contributed by atoms with E-state index < -0.39 is 17.6 Å². The molecule has 0 fully saturated rings. The number of amides is 2. The summed E-state index contributed by atoms with van der Waals surface area (Å²) in [5, 5.41) is 2.37. The molecular weight excluding hydrogens is 266 g/mol. The van der Waals surface area contributed by atoms with E-state index in [0.717, 1.165) is 0 Å². The number of hydrogen-bond donors (Lipinski definition) is 3. The maximum atomic E-state index is 12.0. The van der Waals surface area contributed by atoms with Gasteiger partial charge in [-0.3, -0.25) is 19.8 Å². The van der Waals surface area contributed by atoms with Gasteiger partial charge in [-0.1, -0.05) is 0 Å². The normalized spacial score (nSPS) is 9.60. The van der Waals surface area contributed by atoms with Crippen LogP contribution in [0.2, 0.25) is 0 Å². The molecule has 0 bridgehead atoms. The lowest BCUT2D eigenvalue weighted by atomic mass is 10.0. The minimum Gasteiger partial charge on any atom is -0.497 e. The molecule has 1 rings (SSSR count). The van der Waals surface area contributed by atoms with Gasteiger partial charge < -0.3 is 14.8 Å². The summed E-state index contributed by atoms with van der Waals surface area (Å²) in [5.41, 5.74) is 1.49. The molecular formula is C12H15N3O5. The van der Waals surface area contributed by atoms with Crippen LogP contribution in [-0.2, 0) is 4.79 Å². The number of nitrogens with one attached hydrogen (secondary N) is 2. The van der Waals surface area contributed by atoms with Crippen LogP contribution in [0.25, 0.3) is 0 Å². The Kier molecular flexibility index (Phi) is 5.04. The van der Waals surface area contributed by atoms with E-state index >= 15 is 0 Å². The van der Waals surface area contributed by atoms with Crippen molar-refractivity contribution in [3.63, 3.8) is 0 Å². The summed E-state index contributed by atoms with van der Waals surface area (Å²) in [6.07, 6.45) is 0. The first-order valence-corrected chi connectivity index (χ1v) is 5.53.